The number of aromatic nitrogens is 3. The average Bonchev–Trinajstić information content (AvgIpc) is 3.31. The molecule has 0 saturated carbocycles. The Balaban J connectivity index is 1.52. The number of carbonyl (C=O) groups excluding carboxylic acids is 1. The van der Waals surface area contributed by atoms with E-state index in [-0.39, 0.29) is 12.5 Å². The molecule has 0 atom stereocenters. The van der Waals surface area contributed by atoms with E-state index in [0.717, 1.165) is 41.5 Å². The molecule has 1 aliphatic heterocycles. The summed E-state index contributed by atoms with van der Waals surface area (Å²) in [5, 5.41) is 9.09. The van der Waals surface area contributed by atoms with Crippen molar-refractivity contribution in [3.8, 4) is 11.5 Å². The molecule has 28 heavy (non-hydrogen) atoms. The second-order valence-electron chi connectivity index (χ2n) is 7.09. The lowest BCUT2D eigenvalue weighted by atomic mass is 10.0. The Morgan fingerprint density at radius 3 is 2.79 bits per heavy atom. The number of benzene rings is 2. The second kappa shape index (κ2) is 6.64. The Kier molecular flexibility index (Phi) is 3.97. The summed E-state index contributed by atoms with van der Waals surface area (Å²) in [6.45, 7) is 2.79. The van der Waals surface area contributed by atoms with Crippen LogP contribution in [-0.4, -0.2) is 27.2 Å². The summed E-state index contributed by atoms with van der Waals surface area (Å²) in [5.74, 6) is 1.08. The molecule has 0 N–H and O–H groups in total. The van der Waals surface area contributed by atoms with Crippen LogP contribution in [0.4, 0.5) is 5.69 Å². The van der Waals surface area contributed by atoms with Crippen LogP contribution < -0.4 is 4.90 Å². The first-order valence-corrected chi connectivity index (χ1v) is 9.47. The minimum Gasteiger partial charge on any atom is -0.421 e. The van der Waals surface area contributed by atoms with E-state index in [0.29, 0.717) is 11.8 Å². The normalized spacial score (nSPS) is 13.7. The van der Waals surface area contributed by atoms with Crippen molar-refractivity contribution in [3.05, 3.63) is 66.2 Å². The molecule has 2 aromatic carbocycles. The third-order valence-corrected chi connectivity index (χ3v) is 5.26. The molecule has 0 radical (unpaired) electrons. The molecule has 6 heteroatoms. The van der Waals surface area contributed by atoms with Gasteiger partial charge in [-0.25, -0.2) is 0 Å². The van der Waals surface area contributed by atoms with Crippen LogP contribution in [0.3, 0.4) is 0 Å². The van der Waals surface area contributed by atoms with Crippen molar-refractivity contribution in [2.45, 2.75) is 26.3 Å². The summed E-state index contributed by atoms with van der Waals surface area (Å²) >= 11 is 0. The molecule has 4 aromatic rings. The molecule has 3 heterocycles. The summed E-state index contributed by atoms with van der Waals surface area (Å²) < 4.78 is 7.60. The molecular weight excluding hydrogens is 352 g/mol. The fourth-order valence-corrected chi connectivity index (χ4v) is 3.98. The van der Waals surface area contributed by atoms with E-state index in [1.807, 2.05) is 58.1 Å². The minimum absolute atomic E-state index is 0.0844. The van der Waals surface area contributed by atoms with Crippen LogP contribution in [0.2, 0.25) is 0 Å². The smallest absolute Gasteiger partial charge is 0.249 e. The number of carbonyl (C=O) groups is 1. The zero-order valence-corrected chi connectivity index (χ0v) is 15.6. The Bertz CT molecular complexity index is 1170. The van der Waals surface area contributed by atoms with E-state index in [9.17, 15) is 4.79 Å². The molecule has 0 spiro atoms. The van der Waals surface area contributed by atoms with Crippen LogP contribution in [0.5, 0.6) is 0 Å². The van der Waals surface area contributed by atoms with Crippen LogP contribution >= 0.6 is 0 Å². The molecule has 5 rings (SSSR count). The number of aryl methyl sites for hydroxylation is 2. The maximum Gasteiger partial charge on any atom is 0.249 e. The summed E-state index contributed by atoms with van der Waals surface area (Å²) in [5.41, 5.74) is 4.10. The zero-order chi connectivity index (χ0) is 19.1. The Hall–Kier alpha value is -3.41. The van der Waals surface area contributed by atoms with Gasteiger partial charge in [0.05, 0.1) is 5.56 Å². The molecule has 2 aromatic heterocycles. The third kappa shape index (κ3) is 2.78. The quantitative estimate of drug-likeness (QED) is 0.546. The van der Waals surface area contributed by atoms with Gasteiger partial charge in [0.1, 0.15) is 6.54 Å². The van der Waals surface area contributed by atoms with Gasteiger partial charge in [-0.2, -0.15) is 0 Å². The molecule has 0 aliphatic carbocycles. The van der Waals surface area contributed by atoms with Gasteiger partial charge in [0.25, 0.3) is 0 Å². The molecule has 140 valence electrons. The van der Waals surface area contributed by atoms with Crippen molar-refractivity contribution in [2.24, 2.45) is 0 Å². The fourth-order valence-electron chi connectivity index (χ4n) is 3.98. The molecule has 0 fully saturated rings. The Morgan fingerprint density at radius 2 is 1.93 bits per heavy atom. The van der Waals surface area contributed by atoms with Crippen LogP contribution in [0.1, 0.15) is 17.9 Å². The number of para-hydroxylation sites is 2. The maximum atomic E-state index is 13.2. The molecular formula is C22H20N4O2. The zero-order valence-electron chi connectivity index (χ0n) is 15.6. The Labute approximate surface area is 162 Å². The van der Waals surface area contributed by atoms with Crippen LogP contribution in [0.15, 0.2) is 59.1 Å². The van der Waals surface area contributed by atoms with E-state index in [2.05, 4.69) is 16.3 Å². The highest BCUT2D eigenvalue weighted by Crippen LogP contribution is 2.31. The number of hydrogen-bond acceptors (Lipinski definition) is 4. The van der Waals surface area contributed by atoms with Gasteiger partial charge in [-0.15, -0.1) is 10.2 Å². The lowest BCUT2D eigenvalue weighted by molar-refractivity contribution is -0.119. The van der Waals surface area contributed by atoms with E-state index in [1.165, 1.54) is 5.56 Å². The van der Waals surface area contributed by atoms with Crippen LogP contribution in [0.25, 0.3) is 22.4 Å². The van der Waals surface area contributed by atoms with Crippen molar-refractivity contribution in [1.29, 1.82) is 0 Å². The maximum absolute atomic E-state index is 13.2. The number of nitrogens with zero attached hydrogens (tertiary/aromatic N) is 4. The first-order valence-electron chi connectivity index (χ1n) is 9.47. The van der Waals surface area contributed by atoms with Crippen LogP contribution in [0, 0.1) is 6.92 Å². The SMILES string of the molecule is Cc1nnc(-c2cn(CC(=O)N3CCCc4ccccc43)c3ccccc23)o1. The molecule has 1 aliphatic rings. The summed E-state index contributed by atoms with van der Waals surface area (Å²) in [6, 6.07) is 16.1. The molecule has 0 saturated heterocycles. The first-order chi connectivity index (χ1) is 13.7. The van der Waals surface area contributed by atoms with Crippen molar-refractivity contribution in [2.75, 3.05) is 11.4 Å². The fraction of sp³-hybridized carbons (Fsp3) is 0.227. The number of fused-ring (bicyclic) bond motifs is 2. The van der Waals surface area contributed by atoms with Gasteiger partial charge in [0.2, 0.25) is 17.7 Å². The number of hydrogen-bond donors (Lipinski definition) is 0. The number of anilines is 1. The van der Waals surface area contributed by atoms with Gasteiger partial charge in [-0.1, -0.05) is 36.4 Å². The summed E-state index contributed by atoms with van der Waals surface area (Å²) in [4.78, 5) is 15.1. The average molecular weight is 372 g/mol. The minimum atomic E-state index is 0.0844. The second-order valence-corrected chi connectivity index (χ2v) is 7.09. The van der Waals surface area contributed by atoms with Gasteiger partial charge >= 0.3 is 0 Å². The Morgan fingerprint density at radius 1 is 1.11 bits per heavy atom. The molecule has 1 amide bonds. The van der Waals surface area contributed by atoms with Crippen molar-refractivity contribution < 1.29 is 9.21 Å². The lowest BCUT2D eigenvalue weighted by Crippen LogP contribution is -2.37. The van der Waals surface area contributed by atoms with Crippen LogP contribution in [-0.2, 0) is 17.8 Å². The third-order valence-electron chi connectivity index (χ3n) is 5.26. The summed E-state index contributed by atoms with van der Waals surface area (Å²) in [7, 11) is 0. The number of amides is 1. The highest BCUT2D eigenvalue weighted by Gasteiger charge is 2.23. The van der Waals surface area contributed by atoms with Crippen molar-refractivity contribution in [1.82, 2.24) is 14.8 Å². The lowest BCUT2D eigenvalue weighted by Gasteiger charge is -2.29. The topological polar surface area (TPSA) is 64.2 Å². The van der Waals surface area contributed by atoms with E-state index in [4.69, 9.17) is 4.42 Å². The van der Waals surface area contributed by atoms with Gasteiger partial charge < -0.3 is 13.9 Å². The van der Waals surface area contributed by atoms with Crippen molar-refractivity contribution >= 4 is 22.5 Å². The van der Waals surface area contributed by atoms with Gasteiger partial charge in [-0.3, -0.25) is 4.79 Å². The predicted molar refractivity (Wildman–Crippen MR) is 107 cm³/mol. The van der Waals surface area contributed by atoms with E-state index >= 15 is 0 Å². The van der Waals surface area contributed by atoms with E-state index in [1.54, 1.807) is 6.92 Å². The molecule has 0 unspecified atom stereocenters. The van der Waals surface area contributed by atoms with E-state index < -0.39 is 0 Å². The van der Waals surface area contributed by atoms with Crippen molar-refractivity contribution in [3.63, 3.8) is 0 Å². The first kappa shape index (κ1) is 16.7. The molecule has 6 nitrogen and oxygen atoms in total. The van der Waals surface area contributed by atoms with Gasteiger partial charge in [0, 0.05) is 36.3 Å². The van der Waals surface area contributed by atoms with Gasteiger partial charge in [-0.05, 0) is 30.5 Å². The number of rotatable bonds is 3. The highest BCUT2D eigenvalue weighted by molar-refractivity contribution is 5.98. The highest BCUT2D eigenvalue weighted by atomic mass is 16.4. The van der Waals surface area contributed by atoms with Gasteiger partial charge in [0.15, 0.2) is 0 Å². The standard InChI is InChI=1S/C22H20N4O2/c1-15-23-24-22(28-15)18-13-25(20-11-5-3-9-17(18)20)14-21(27)26-12-6-8-16-7-2-4-10-19(16)26/h2-5,7,9-11,13H,6,8,12,14H2,1H3. The monoisotopic (exact) mass is 372 g/mol. The molecule has 0 bridgehead atoms. The summed E-state index contributed by atoms with van der Waals surface area (Å²) in [6.07, 6.45) is 3.94. The largest absolute Gasteiger partial charge is 0.421 e. The predicted octanol–water partition coefficient (Wildman–Crippen LogP) is 3.98.